The molecule has 0 aliphatic rings. The second kappa shape index (κ2) is 4.58. The van der Waals surface area contributed by atoms with E-state index in [9.17, 15) is 18.0 Å². The fourth-order valence-electron chi connectivity index (χ4n) is 0.837. The van der Waals surface area contributed by atoms with Crippen LogP contribution in [0, 0.1) is 5.41 Å². The van der Waals surface area contributed by atoms with Crippen LogP contribution in [0.15, 0.2) is 0 Å². The van der Waals surface area contributed by atoms with Crippen LogP contribution in [0.5, 0.6) is 0 Å². The second-order valence-electron chi connectivity index (χ2n) is 4.46. The van der Waals surface area contributed by atoms with Crippen molar-refractivity contribution in [2.75, 3.05) is 13.7 Å². The van der Waals surface area contributed by atoms with Gasteiger partial charge in [-0.1, -0.05) is 20.8 Å². The maximum absolute atomic E-state index is 12.0. The summed E-state index contributed by atoms with van der Waals surface area (Å²) in [6.45, 7) is 4.33. The number of carbonyl (C=O) groups is 1. The fourth-order valence-corrected chi connectivity index (χ4v) is 0.837. The summed E-state index contributed by atoms with van der Waals surface area (Å²) in [7, 11) is 1.26. The molecule has 0 aromatic heterocycles. The lowest BCUT2D eigenvalue weighted by Gasteiger charge is -2.39. The number of hydrogen-bond donors (Lipinski definition) is 1. The highest BCUT2D eigenvalue weighted by atomic mass is 19.4. The quantitative estimate of drug-likeness (QED) is 0.601. The van der Waals surface area contributed by atoms with Gasteiger partial charge >= 0.3 is 12.1 Å². The smallest absolute Gasteiger partial charge is 0.434 e. The first-order valence-electron chi connectivity index (χ1n) is 4.52. The van der Waals surface area contributed by atoms with Crippen molar-refractivity contribution in [2.24, 2.45) is 11.1 Å². The minimum absolute atomic E-state index is 0.321. The molecule has 4 nitrogen and oxygen atoms in total. The Bertz CT molecular complexity index is 260. The Hall–Kier alpha value is -0.820. The number of rotatable bonds is 3. The van der Waals surface area contributed by atoms with Gasteiger partial charge in [0.1, 0.15) is 6.61 Å². The molecule has 0 aromatic carbocycles. The van der Waals surface area contributed by atoms with Crippen molar-refractivity contribution >= 4 is 5.97 Å². The van der Waals surface area contributed by atoms with Crippen LogP contribution in [0.1, 0.15) is 20.8 Å². The molecule has 0 saturated carbocycles. The standard InChI is InChI=1S/C9H16F3NO3/c1-7(2,3)8(13,5-15-4)16-6(14)9(10,11)12/h5,13H2,1-4H3/t8-/m0/s1. The molecule has 2 N–H and O–H groups in total. The van der Waals surface area contributed by atoms with E-state index in [0.717, 1.165) is 0 Å². The highest BCUT2D eigenvalue weighted by molar-refractivity contribution is 5.76. The highest BCUT2D eigenvalue weighted by Gasteiger charge is 2.49. The average Bonchev–Trinajstić information content (AvgIpc) is 2.00. The lowest BCUT2D eigenvalue weighted by molar-refractivity contribution is -0.228. The topological polar surface area (TPSA) is 61.6 Å². The third-order valence-electron chi connectivity index (χ3n) is 2.13. The molecular formula is C9H16F3NO3. The number of ether oxygens (including phenoxy) is 2. The predicted molar refractivity (Wildman–Crippen MR) is 50.4 cm³/mol. The van der Waals surface area contributed by atoms with Crippen LogP contribution in [0.2, 0.25) is 0 Å². The molecule has 1 atom stereocenters. The van der Waals surface area contributed by atoms with Gasteiger partial charge in [0.25, 0.3) is 0 Å². The van der Waals surface area contributed by atoms with Gasteiger partial charge < -0.3 is 9.47 Å². The largest absolute Gasteiger partial charge is 0.490 e. The van der Waals surface area contributed by atoms with Crippen LogP contribution in [0.25, 0.3) is 0 Å². The van der Waals surface area contributed by atoms with Crippen molar-refractivity contribution in [3.63, 3.8) is 0 Å². The maximum atomic E-state index is 12.0. The van der Waals surface area contributed by atoms with Crippen LogP contribution < -0.4 is 5.73 Å². The molecule has 0 fully saturated rings. The molecule has 0 aliphatic heterocycles. The van der Waals surface area contributed by atoms with Gasteiger partial charge in [-0.25, -0.2) is 4.79 Å². The van der Waals surface area contributed by atoms with E-state index < -0.39 is 23.3 Å². The van der Waals surface area contributed by atoms with E-state index in [1.807, 2.05) is 0 Å². The molecule has 0 aromatic rings. The number of nitrogens with two attached hydrogens (primary N) is 1. The third-order valence-corrected chi connectivity index (χ3v) is 2.13. The minimum Gasteiger partial charge on any atom is -0.434 e. The molecule has 0 heterocycles. The first-order chi connectivity index (χ1) is 6.94. The van der Waals surface area contributed by atoms with E-state index in [0.29, 0.717) is 0 Å². The molecule has 0 unspecified atom stereocenters. The van der Waals surface area contributed by atoms with Gasteiger partial charge in [0, 0.05) is 12.5 Å². The Morgan fingerprint density at radius 3 is 1.94 bits per heavy atom. The maximum Gasteiger partial charge on any atom is 0.490 e. The first kappa shape index (κ1) is 15.2. The van der Waals surface area contributed by atoms with Crippen LogP contribution in [0.4, 0.5) is 13.2 Å². The monoisotopic (exact) mass is 243 g/mol. The number of alkyl halides is 3. The van der Waals surface area contributed by atoms with E-state index in [1.54, 1.807) is 20.8 Å². The predicted octanol–water partition coefficient (Wildman–Crippen LogP) is 1.44. The summed E-state index contributed by atoms with van der Waals surface area (Å²) in [6.07, 6.45) is -5.07. The van der Waals surface area contributed by atoms with Crippen LogP contribution >= 0.6 is 0 Å². The Labute approximate surface area is 91.9 Å². The van der Waals surface area contributed by atoms with Gasteiger partial charge in [0.15, 0.2) is 5.72 Å². The summed E-state index contributed by atoms with van der Waals surface area (Å²) in [6, 6.07) is 0. The molecule has 0 rings (SSSR count). The minimum atomic E-state index is -5.07. The highest BCUT2D eigenvalue weighted by Crippen LogP contribution is 2.32. The van der Waals surface area contributed by atoms with E-state index >= 15 is 0 Å². The average molecular weight is 243 g/mol. The lowest BCUT2D eigenvalue weighted by atomic mass is 9.84. The molecule has 7 heteroatoms. The van der Waals surface area contributed by atoms with Crippen LogP contribution in [-0.4, -0.2) is 31.6 Å². The summed E-state index contributed by atoms with van der Waals surface area (Å²) in [4.78, 5) is 10.7. The number of esters is 1. The molecule has 96 valence electrons. The fraction of sp³-hybridized carbons (Fsp3) is 0.889. The second-order valence-corrected chi connectivity index (χ2v) is 4.46. The molecule has 0 amide bonds. The van der Waals surface area contributed by atoms with E-state index in [-0.39, 0.29) is 6.61 Å². The van der Waals surface area contributed by atoms with Gasteiger partial charge in [0.2, 0.25) is 0 Å². The van der Waals surface area contributed by atoms with E-state index in [4.69, 9.17) is 5.73 Å². The zero-order valence-corrected chi connectivity index (χ0v) is 9.64. The van der Waals surface area contributed by atoms with Crippen molar-refractivity contribution < 1.29 is 27.4 Å². The zero-order valence-electron chi connectivity index (χ0n) is 9.64. The molecule has 0 spiro atoms. The van der Waals surface area contributed by atoms with Crippen molar-refractivity contribution in [3.8, 4) is 0 Å². The summed E-state index contributed by atoms with van der Waals surface area (Å²) >= 11 is 0. The van der Waals surface area contributed by atoms with E-state index in [1.165, 1.54) is 7.11 Å². The van der Waals surface area contributed by atoms with Crippen molar-refractivity contribution in [1.82, 2.24) is 0 Å². The van der Waals surface area contributed by atoms with Crippen molar-refractivity contribution in [1.29, 1.82) is 0 Å². The normalized spacial score (nSPS) is 16.8. The Morgan fingerprint density at radius 1 is 1.25 bits per heavy atom. The summed E-state index contributed by atoms with van der Waals surface area (Å²) < 4.78 is 45.1. The SMILES string of the molecule is COC[C@](N)(OC(=O)C(F)(F)F)C(C)(C)C. The van der Waals surface area contributed by atoms with Gasteiger partial charge in [-0.15, -0.1) is 0 Å². The van der Waals surface area contributed by atoms with Gasteiger partial charge in [-0.05, 0) is 0 Å². The number of hydrogen-bond acceptors (Lipinski definition) is 4. The number of carbonyl (C=O) groups excluding carboxylic acids is 1. The van der Waals surface area contributed by atoms with Crippen molar-refractivity contribution in [3.05, 3.63) is 0 Å². The number of halogens is 3. The first-order valence-corrected chi connectivity index (χ1v) is 4.52. The van der Waals surface area contributed by atoms with Crippen LogP contribution in [0.3, 0.4) is 0 Å². The van der Waals surface area contributed by atoms with Gasteiger partial charge in [-0.2, -0.15) is 13.2 Å². The van der Waals surface area contributed by atoms with E-state index in [2.05, 4.69) is 9.47 Å². The molecular weight excluding hydrogens is 227 g/mol. The zero-order chi connectivity index (χ0) is 13.2. The molecule has 0 radical (unpaired) electrons. The van der Waals surface area contributed by atoms with Crippen molar-refractivity contribution in [2.45, 2.75) is 32.7 Å². The van der Waals surface area contributed by atoms with Crippen LogP contribution in [-0.2, 0) is 14.3 Å². The van der Waals surface area contributed by atoms with Gasteiger partial charge in [-0.3, -0.25) is 5.73 Å². The Morgan fingerprint density at radius 2 is 1.69 bits per heavy atom. The summed E-state index contributed by atoms with van der Waals surface area (Å²) in [5.74, 6) is -2.32. The lowest BCUT2D eigenvalue weighted by Crippen LogP contribution is -2.59. The number of methoxy groups -OCH3 is 1. The third kappa shape index (κ3) is 3.64. The molecule has 0 bridgehead atoms. The summed E-state index contributed by atoms with van der Waals surface area (Å²) in [5.41, 5.74) is 2.91. The Kier molecular flexibility index (Phi) is 4.35. The Balaban J connectivity index is 4.91. The molecule has 16 heavy (non-hydrogen) atoms. The molecule has 0 aliphatic carbocycles. The summed E-state index contributed by atoms with van der Waals surface area (Å²) in [5, 5.41) is 0. The van der Waals surface area contributed by atoms with Gasteiger partial charge in [0.05, 0.1) is 0 Å². The molecule has 0 saturated heterocycles.